The van der Waals surface area contributed by atoms with Crippen LogP contribution >= 0.6 is 11.8 Å². The molecule has 3 atom stereocenters. The van der Waals surface area contributed by atoms with E-state index in [2.05, 4.69) is 48.5 Å². The van der Waals surface area contributed by atoms with E-state index in [1.165, 1.54) is 5.56 Å². The van der Waals surface area contributed by atoms with Gasteiger partial charge in [0.05, 0.1) is 5.69 Å². The van der Waals surface area contributed by atoms with Gasteiger partial charge in [-0.2, -0.15) is 0 Å². The minimum absolute atomic E-state index is 0.00414. The maximum Gasteiger partial charge on any atom is 0.271 e. The third kappa shape index (κ3) is 3.25. The number of rotatable bonds is 4. The maximum atomic E-state index is 13.7. The predicted molar refractivity (Wildman–Crippen MR) is 133 cm³/mol. The van der Waals surface area contributed by atoms with Gasteiger partial charge in [0.15, 0.2) is 0 Å². The van der Waals surface area contributed by atoms with Crippen LogP contribution in [-0.4, -0.2) is 12.0 Å². The number of fused-ring (bicyclic) bond motifs is 3. The summed E-state index contributed by atoms with van der Waals surface area (Å²) in [5.41, 5.74) is 2.72. The highest BCUT2D eigenvalue weighted by molar-refractivity contribution is 7.99. The molecule has 0 spiro atoms. The number of hydrogen-bond acceptors (Lipinski definition) is 3. The molecule has 4 aromatic carbocycles. The minimum Gasteiger partial charge on any atom is -0.478 e. The summed E-state index contributed by atoms with van der Waals surface area (Å²) >= 11 is 1.83. The zero-order valence-corrected chi connectivity index (χ0v) is 18.8. The van der Waals surface area contributed by atoms with Gasteiger partial charge >= 0.3 is 0 Å². The molecule has 0 bridgehead atoms. The molecule has 6 rings (SSSR count). The summed E-state index contributed by atoms with van der Waals surface area (Å²) in [6, 6.07) is 38.9. The summed E-state index contributed by atoms with van der Waals surface area (Å²) in [4.78, 5) is 16.8. The minimum atomic E-state index is -0.603. The van der Waals surface area contributed by atoms with Crippen LogP contribution in [-0.2, 0) is 10.3 Å². The summed E-state index contributed by atoms with van der Waals surface area (Å²) in [7, 11) is 0. The first-order chi connectivity index (χ1) is 16.3. The molecule has 2 aliphatic rings. The Bertz CT molecular complexity index is 1280. The van der Waals surface area contributed by atoms with Gasteiger partial charge in [0.1, 0.15) is 11.3 Å². The molecule has 4 heteroatoms. The number of hydrogen-bond donors (Lipinski definition) is 0. The second-order valence-electron chi connectivity index (χ2n) is 8.46. The average molecular weight is 450 g/mol. The number of carbonyl (C=O) groups excluding carboxylic acids is 1. The van der Waals surface area contributed by atoms with Crippen LogP contribution in [0.5, 0.6) is 5.75 Å². The first-order valence-electron chi connectivity index (χ1n) is 11.2. The van der Waals surface area contributed by atoms with Crippen molar-refractivity contribution < 1.29 is 9.53 Å². The van der Waals surface area contributed by atoms with Crippen LogP contribution in [0.4, 0.5) is 5.69 Å². The monoisotopic (exact) mass is 449 g/mol. The van der Waals surface area contributed by atoms with Crippen molar-refractivity contribution in [2.45, 2.75) is 28.2 Å². The van der Waals surface area contributed by atoms with Gasteiger partial charge in [-0.05, 0) is 41.8 Å². The lowest BCUT2D eigenvalue weighted by Gasteiger charge is -2.57. The Morgan fingerprint density at radius 3 is 2.09 bits per heavy atom. The van der Waals surface area contributed by atoms with Crippen LogP contribution < -0.4 is 9.64 Å². The molecule has 0 saturated carbocycles. The van der Waals surface area contributed by atoms with Crippen molar-refractivity contribution in [3.05, 3.63) is 126 Å². The van der Waals surface area contributed by atoms with Crippen LogP contribution in [0.15, 0.2) is 120 Å². The van der Waals surface area contributed by atoms with Crippen molar-refractivity contribution in [3.8, 4) is 5.75 Å². The Hall–Kier alpha value is -3.50. The fourth-order valence-corrected chi connectivity index (χ4v) is 6.46. The van der Waals surface area contributed by atoms with E-state index in [0.717, 1.165) is 22.6 Å². The van der Waals surface area contributed by atoms with Gasteiger partial charge in [-0.1, -0.05) is 91.0 Å². The normalized spacial score (nSPS) is 23.6. The first-order valence-corrected chi connectivity index (χ1v) is 12.1. The van der Waals surface area contributed by atoms with Gasteiger partial charge in [0, 0.05) is 10.1 Å². The van der Waals surface area contributed by atoms with E-state index in [-0.39, 0.29) is 11.2 Å². The van der Waals surface area contributed by atoms with E-state index in [4.69, 9.17) is 4.74 Å². The largest absolute Gasteiger partial charge is 0.478 e. The van der Waals surface area contributed by atoms with E-state index in [0.29, 0.717) is 5.75 Å². The zero-order chi connectivity index (χ0) is 22.3. The van der Waals surface area contributed by atoms with Crippen LogP contribution in [0.25, 0.3) is 0 Å². The Labute approximate surface area is 198 Å². The van der Waals surface area contributed by atoms with E-state index >= 15 is 0 Å². The van der Waals surface area contributed by atoms with Crippen molar-refractivity contribution in [1.82, 2.24) is 0 Å². The van der Waals surface area contributed by atoms with Crippen LogP contribution in [0.3, 0.4) is 0 Å². The smallest absolute Gasteiger partial charge is 0.271 e. The lowest BCUT2D eigenvalue weighted by Crippen LogP contribution is -2.74. The molecular weight excluding hydrogens is 426 g/mol. The van der Waals surface area contributed by atoms with Crippen molar-refractivity contribution >= 4 is 23.4 Å². The fraction of sp³-hybridized carbons (Fsp3) is 0.138. The topological polar surface area (TPSA) is 29.5 Å². The molecule has 1 saturated heterocycles. The third-order valence-electron chi connectivity index (χ3n) is 6.59. The second kappa shape index (κ2) is 8.13. The highest BCUT2D eigenvalue weighted by Crippen LogP contribution is 2.59. The number of nitrogens with zero attached hydrogens (tertiary/aromatic N) is 1. The quantitative estimate of drug-likeness (QED) is 0.328. The van der Waals surface area contributed by atoms with Crippen molar-refractivity contribution in [3.63, 3.8) is 0 Å². The van der Waals surface area contributed by atoms with Gasteiger partial charge in [-0.3, -0.25) is 9.69 Å². The average Bonchev–Trinajstić information content (AvgIpc) is 3.02. The summed E-state index contributed by atoms with van der Waals surface area (Å²) in [6.45, 7) is 0. The Balaban J connectivity index is 1.55. The molecule has 0 aliphatic carbocycles. The third-order valence-corrected chi connectivity index (χ3v) is 7.91. The molecule has 2 heterocycles. The Kier molecular flexibility index (Phi) is 4.96. The number of carbonyl (C=O) groups is 1. The summed E-state index contributed by atoms with van der Waals surface area (Å²) in [5.74, 6) is 0.719. The van der Waals surface area contributed by atoms with Gasteiger partial charge < -0.3 is 4.74 Å². The number of para-hydroxylation sites is 2. The van der Waals surface area contributed by atoms with Crippen LogP contribution in [0.1, 0.15) is 22.8 Å². The zero-order valence-electron chi connectivity index (χ0n) is 18.0. The summed E-state index contributed by atoms with van der Waals surface area (Å²) in [6.07, 6.45) is 0.157. The fourth-order valence-electron chi connectivity index (χ4n) is 5.08. The molecule has 0 aromatic heterocycles. The molecule has 0 N–H and O–H groups in total. The molecule has 1 amide bonds. The van der Waals surface area contributed by atoms with E-state index in [1.54, 1.807) is 0 Å². The molecule has 0 unspecified atom stereocenters. The SMILES string of the molecule is O=C1[C@H](Oc2ccccc2)[C@]2(c3ccccc3)C[C@H](c3ccccc3)Sc3ccccc3N12. The number of amides is 1. The number of anilines is 1. The number of benzene rings is 4. The first kappa shape index (κ1) is 20.1. The van der Waals surface area contributed by atoms with Crippen molar-refractivity contribution in [2.75, 3.05) is 4.90 Å². The van der Waals surface area contributed by atoms with E-state index in [9.17, 15) is 4.79 Å². The van der Waals surface area contributed by atoms with Gasteiger partial charge in [0.25, 0.3) is 5.91 Å². The predicted octanol–water partition coefficient (Wildman–Crippen LogP) is 6.61. The highest BCUT2D eigenvalue weighted by Gasteiger charge is 2.65. The van der Waals surface area contributed by atoms with Gasteiger partial charge in [-0.15, -0.1) is 11.8 Å². The maximum absolute atomic E-state index is 13.7. The molecule has 33 heavy (non-hydrogen) atoms. The second-order valence-corrected chi connectivity index (χ2v) is 9.71. The molecule has 3 nitrogen and oxygen atoms in total. The standard InChI is InChI=1S/C29H23NO2S/c31-28-27(32-23-16-8-3-9-17-23)29(22-14-6-2-7-15-22)20-26(21-12-4-1-5-13-21)33-25-19-11-10-18-24(25)30(28)29/h1-19,26-27H,20H2/t26-,27+,29-/m1/s1. The lowest BCUT2D eigenvalue weighted by atomic mass is 9.70. The number of β-lactam (4-membered cyclic amide) rings is 1. The number of thioether (sulfide) groups is 1. The molecule has 1 fully saturated rings. The van der Waals surface area contributed by atoms with E-state index < -0.39 is 11.6 Å². The van der Waals surface area contributed by atoms with Crippen LogP contribution in [0, 0.1) is 0 Å². The lowest BCUT2D eigenvalue weighted by molar-refractivity contribution is -0.142. The molecule has 0 radical (unpaired) electrons. The van der Waals surface area contributed by atoms with Gasteiger partial charge in [-0.25, -0.2) is 0 Å². The van der Waals surface area contributed by atoms with Crippen LogP contribution in [0.2, 0.25) is 0 Å². The summed E-state index contributed by atoms with van der Waals surface area (Å²) in [5, 5.41) is 0.174. The Morgan fingerprint density at radius 1 is 0.758 bits per heavy atom. The number of ether oxygens (including phenoxy) is 1. The van der Waals surface area contributed by atoms with Crippen molar-refractivity contribution in [1.29, 1.82) is 0 Å². The molecule has 4 aromatic rings. The highest BCUT2D eigenvalue weighted by atomic mass is 32.2. The molecular formula is C29H23NO2S. The molecule has 162 valence electrons. The summed E-state index contributed by atoms with van der Waals surface area (Å²) < 4.78 is 6.44. The van der Waals surface area contributed by atoms with E-state index in [1.807, 2.05) is 83.4 Å². The Morgan fingerprint density at radius 2 is 1.36 bits per heavy atom. The van der Waals surface area contributed by atoms with Crippen molar-refractivity contribution in [2.24, 2.45) is 0 Å². The van der Waals surface area contributed by atoms with Gasteiger partial charge in [0.2, 0.25) is 6.10 Å². The molecule has 2 aliphatic heterocycles.